The molecule has 2 amide bonds. The molecule has 0 saturated carbocycles. The summed E-state index contributed by atoms with van der Waals surface area (Å²) in [4.78, 5) is 33.4. The molecule has 6 nitrogen and oxygen atoms in total. The van der Waals surface area contributed by atoms with Crippen molar-refractivity contribution in [2.75, 3.05) is 28.3 Å². The summed E-state index contributed by atoms with van der Waals surface area (Å²) < 4.78 is 0.511. The third kappa shape index (κ3) is 3.52. The highest BCUT2D eigenvalue weighted by Crippen LogP contribution is 2.21. The van der Waals surface area contributed by atoms with Crippen molar-refractivity contribution in [2.24, 2.45) is 0 Å². The molecule has 0 aliphatic heterocycles. The largest absolute Gasteiger partial charge is 0.278 e. The Labute approximate surface area is 119 Å². The summed E-state index contributed by atoms with van der Waals surface area (Å²) in [5, 5.41) is 2.20. The first-order valence-electron chi connectivity index (χ1n) is 5.36. The minimum Gasteiger partial charge on any atom is -0.274 e. The molecule has 104 valence electrons. The Morgan fingerprint density at radius 3 is 2.05 bits per heavy atom. The minimum absolute atomic E-state index is 0.303. The predicted molar refractivity (Wildman–Crippen MR) is 72.3 cm³/mol. The van der Waals surface area contributed by atoms with Crippen LogP contribution in [0.3, 0.4) is 0 Å². The third-order valence-corrected chi connectivity index (χ3v) is 3.22. The first kappa shape index (κ1) is 15.6. The van der Waals surface area contributed by atoms with Gasteiger partial charge in [-0.15, -0.1) is 0 Å². The van der Waals surface area contributed by atoms with E-state index in [9.17, 15) is 9.59 Å². The van der Waals surface area contributed by atoms with Gasteiger partial charge in [-0.3, -0.25) is 19.3 Å². The van der Waals surface area contributed by atoms with Crippen molar-refractivity contribution in [1.29, 1.82) is 0 Å². The number of halogens is 1. The van der Waals surface area contributed by atoms with Crippen LogP contribution in [-0.4, -0.2) is 50.3 Å². The molecule has 1 rings (SSSR count). The fourth-order valence-electron chi connectivity index (χ4n) is 1.34. The molecule has 0 atom stereocenters. The van der Waals surface area contributed by atoms with E-state index in [0.29, 0.717) is 15.6 Å². The van der Waals surface area contributed by atoms with E-state index in [4.69, 9.17) is 9.68 Å². The van der Waals surface area contributed by atoms with Gasteiger partial charge in [-0.2, -0.15) is 0 Å². The lowest BCUT2D eigenvalue weighted by molar-refractivity contribution is -0.0760. The molecule has 0 saturated heterocycles. The average Bonchev–Trinajstić information content (AvgIpc) is 2.43. The van der Waals surface area contributed by atoms with Crippen molar-refractivity contribution in [1.82, 2.24) is 10.1 Å². The SMILES string of the molecule is CON(C)C(=O)c1ccc(C(=O)N(C)OC)c(Br)c1. The van der Waals surface area contributed by atoms with Gasteiger partial charge < -0.3 is 0 Å². The molecular formula is C12H15BrN2O4. The summed E-state index contributed by atoms with van der Waals surface area (Å²) in [6.07, 6.45) is 0. The lowest BCUT2D eigenvalue weighted by atomic mass is 10.1. The maximum Gasteiger partial charge on any atom is 0.278 e. The molecule has 19 heavy (non-hydrogen) atoms. The standard InChI is InChI=1S/C12H15BrN2O4/c1-14(18-3)11(16)8-5-6-9(10(13)7-8)12(17)15(2)19-4/h5-7H,1-4H3. The first-order chi connectivity index (χ1) is 8.92. The van der Waals surface area contributed by atoms with Gasteiger partial charge in [0.25, 0.3) is 11.8 Å². The lowest BCUT2D eigenvalue weighted by Gasteiger charge is -2.16. The quantitative estimate of drug-likeness (QED) is 0.788. The topological polar surface area (TPSA) is 59.1 Å². The van der Waals surface area contributed by atoms with E-state index in [0.717, 1.165) is 10.1 Å². The summed E-state index contributed by atoms with van der Waals surface area (Å²) in [6.45, 7) is 0. The van der Waals surface area contributed by atoms with Crippen LogP contribution in [0.1, 0.15) is 20.7 Å². The van der Waals surface area contributed by atoms with E-state index in [2.05, 4.69) is 15.9 Å². The molecule has 0 aliphatic rings. The van der Waals surface area contributed by atoms with Gasteiger partial charge in [-0.1, -0.05) is 0 Å². The number of rotatable bonds is 4. The Kier molecular flexibility index (Phi) is 5.46. The normalized spacial score (nSPS) is 10.2. The highest BCUT2D eigenvalue weighted by atomic mass is 79.9. The molecule has 0 bridgehead atoms. The van der Waals surface area contributed by atoms with Crippen molar-refractivity contribution in [3.63, 3.8) is 0 Å². The maximum absolute atomic E-state index is 11.9. The van der Waals surface area contributed by atoms with Crippen molar-refractivity contribution < 1.29 is 19.3 Å². The Morgan fingerprint density at radius 1 is 1.05 bits per heavy atom. The van der Waals surface area contributed by atoms with Gasteiger partial charge in [0.05, 0.1) is 19.8 Å². The van der Waals surface area contributed by atoms with Gasteiger partial charge >= 0.3 is 0 Å². The summed E-state index contributed by atoms with van der Waals surface area (Å²) in [5.74, 6) is -0.615. The fraction of sp³-hybridized carbons (Fsp3) is 0.333. The second-order valence-electron chi connectivity index (χ2n) is 3.67. The molecule has 1 aromatic carbocycles. The number of carbonyl (C=O) groups is 2. The molecule has 0 aliphatic carbocycles. The van der Waals surface area contributed by atoms with Crippen molar-refractivity contribution >= 4 is 27.7 Å². The van der Waals surface area contributed by atoms with Gasteiger partial charge in [-0.05, 0) is 34.1 Å². The van der Waals surface area contributed by atoms with Gasteiger partial charge in [0.15, 0.2) is 0 Å². The van der Waals surface area contributed by atoms with Gasteiger partial charge in [0.1, 0.15) is 0 Å². The smallest absolute Gasteiger partial charge is 0.274 e. The number of nitrogens with zero attached hydrogens (tertiary/aromatic N) is 2. The van der Waals surface area contributed by atoms with Crippen LogP contribution in [-0.2, 0) is 9.68 Å². The summed E-state index contributed by atoms with van der Waals surface area (Å²) in [5.41, 5.74) is 0.814. The van der Waals surface area contributed by atoms with Crippen LogP contribution in [0.25, 0.3) is 0 Å². The zero-order valence-electron chi connectivity index (χ0n) is 11.1. The average molecular weight is 331 g/mol. The van der Waals surface area contributed by atoms with E-state index >= 15 is 0 Å². The van der Waals surface area contributed by atoms with Crippen LogP contribution in [0.2, 0.25) is 0 Å². The van der Waals surface area contributed by atoms with E-state index in [-0.39, 0.29) is 11.8 Å². The second kappa shape index (κ2) is 6.65. The van der Waals surface area contributed by atoms with Crippen LogP contribution < -0.4 is 0 Å². The number of hydrogen-bond donors (Lipinski definition) is 0. The van der Waals surface area contributed by atoms with Gasteiger partial charge in [0, 0.05) is 24.1 Å². The Hall–Kier alpha value is -1.44. The molecule has 1 aromatic rings. The molecule has 0 N–H and O–H groups in total. The lowest BCUT2D eigenvalue weighted by Crippen LogP contribution is -2.27. The predicted octanol–water partition coefficient (Wildman–Crippen LogP) is 1.72. The van der Waals surface area contributed by atoms with Gasteiger partial charge in [0.2, 0.25) is 0 Å². The number of hydroxylamine groups is 4. The van der Waals surface area contributed by atoms with E-state index in [1.54, 1.807) is 18.2 Å². The van der Waals surface area contributed by atoms with Crippen LogP contribution in [0.4, 0.5) is 0 Å². The Bertz CT molecular complexity index is 493. The molecule has 0 aromatic heterocycles. The van der Waals surface area contributed by atoms with Crippen molar-refractivity contribution in [3.8, 4) is 0 Å². The molecule has 0 fully saturated rings. The Morgan fingerprint density at radius 2 is 1.58 bits per heavy atom. The van der Waals surface area contributed by atoms with E-state index in [1.807, 2.05) is 0 Å². The van der Waals surface area contributed by atoms with Gasteiger partial charge in [-0.25, -0.2) is 10.1 Å². The number of hydrogen-bond acceptors (Lipinski definition) is 4. The Balaban J connectivity index is 3.04. The molecule has 0 heterocycles. The summed E-state index contributed by atoms with van der Waals surface area (Å²) >= 11 is 3.27. The van der Waals surface area contributed by atoms with Crippen LogP contribution in [0.5, 0.6) is 0 Å². The van der Waals surface area contributed by atoms with Crippen molar-refractivity contribution in [3.05, 3.63) is 33.8 Å². The first-order valence-corrected chi connectivity index (χ1v) is 6.15. The monoisotopic (exact) mass is 330 g/mol. The highest BCUT2D eigenvalue weighted by molar-refractivity contribution is 9.10. The minimum atomic E-state index is -0.312. The van der Waals surface area contributed by atoms with Crippen molar-refractivity contribution in [2.45, 2.75) is 0 Å². The summed E-state index contributed by atoms with van der Waals surface area (Å²) in [7, 11) is 5.82. The number of amides is 2. The van der Waals surface area contributed by atoms with E-state index < -0.39 is 0 Å². The highest BCUT2D eigenvalue weighted by Gasteiger charge is 2.18. The number of benzene rings is 1. The van der Waals surface area contributed by atoms with Crippen LogP contribution >= 0.6 is 15.9 Å². The van der Waals surface area contributed by atoms with Crippen LogP contribution in [0, 0.1) is 0 Å². The molecule has 0 unspecified atom stereocenters. The molecule has 0 radical (unpaired) electrons. The number of carbonyl (C=O) groups excluding carboxylic acids is 2. The van der Waals surface area contributed by atoms with E-state index in [1.165, 1.54) is 28.3 Å². The molecular weight excluding hydrogens is 316 g/mol. The molecule has 7 heteroatoms. The zero-order valence-corrected chi connectivity index (χ0v) is 12.7. The fourth-order valence-corrected chi connectivity index (χ4v) is 1.89. The zero-order chi connectivity index (χ0) is 14.6. The summed E-state index contributed by atoms with van der Waals surface area (Å²) in [6, 6.07) is 4.67. The second-order valence-corrected chi connectivity index (χ2v) is 4.52. The maximum atomic E-state index is 11.9. The molecule has 0 spiro atoms. The third-order valence-electron chi connectivity index (χ3n) is 2.57. The van der Waals surface area contributed by atoms with Crippen LogP contribution in [0.15, 0.2) is 22.7 Å².